The Morgan fingerprint density at radius 1 is 1.31 bits per heavy atom. The summed E-state index contributed by atoms with van der Waals surface area (Å²) >= 11 is 3.22. The quantitative estimate of drug-likeness (QED) is 0.556. The van der Waals surface area contributed by atoms with E-state index in [1.165, 1.54) is 4.90 Å². The van der Waals surface area contributed by atoms with Crippen LogP contribution in [0.4, 0.5) is 4.79 Å². The van der Waals surface area contributed by atoms with E-state index >= 15 is 0 Å². The largest absolute Gasteiger partial charge is 0.369 e. The number of rotatable bonds is 6. The number of guanidine groups is 1. The number of amides is 4. The van der Waals surface area contributed by atoms with Gasteiger partial charge in [0.25, 0.3) is 5.91 Å². The Balaban J connectivity index is 1.50. The molecule has 3 aliphatic rings. The molecular weight excluding hydrogens is 452 g/mol. The van der Waals surface area contributed by atoms with Crippen LogP contribution in [0.2, 0.25) is 0 Å². The molecule has 3 unspecified atom stereocenters. The van der Waals surface area contributed by atoms with Crippen LogP contribution in [-0.2, 0) is 9.59 Å². The van der Waals surface area contributed by atoms with E-state index in [1.54, 1.807) is 30.1 Å². The molecule has 4 rings (SSSR count). The Morgan fingerprint density at radius 3 is 2.66 bits per heavy atom. The number of aryl methyl sites for hydroxylation is 1. The molecular formula is C19H28N8O3S2. The lowest BCUT2D eigenvalue weighted by Crippen LogP contribution is -2.64. The van der Waals surface area contributed by atoms with Gasteiger partial charge in [0, 0.05) is 38.4 Å². The number of piperidine rings is 1. The van der Waals surface area contributed by atoms with Crippen molar-refractivity contribution in [2.45, 2.75) is 43.2 Å². The number of likely N-dealkylation sites (N-methyl/N-ethyl adjacent to an activating group) is 1. The molecule has 3 atom stereocenters. The van der Waals surface area contributed by atoms with E-state index in [2.05, 4.69) is 27.3 Å². The molecule has 11 nitrogen and oxygen atoms in total. The van der Waals surface area contributed by atoms with Crippen molar-refractivity contribution in [3.63, 3.8) is 0 Å². The average Bonchev–Trinajstić information content (AvgIpc) is 3.34. The zero-order chi connectivity index (χ0) is 23.0. The minimum absolute atomic E-state index is 0.137. The second-order valence-corrected chi connectivity index (χ2v) is 11.0. The van der Waals surface area contributed by atoms with Crippen molar-refractivity contribution in [2.75, 3.05) is 32.4 Å². The first kappa shape index (κ1) is 22.8. The zero-order valence-electron chi connectivity index (χ0n) is 18.4. The maximum Gasteiger partial charge on any atom is 0.325 e. The van der Waals surface area contributed by atoms with Crippen molar-refractivity contribution in [2.24, 2.45) is 22.6 Å². The number of urea groups is 1. The molecule has 2 fully saturated rings. The predicted molar refractivity (Wildman–Crippen MR) is 121 cm³/mol. The standard InChI is InChI=1S/C19H28N8O3S2/c1-10(9-31-19-24-23-11(2)32-19)8-27-13-15(25(3)18(30)22-16(13)29)21-17(27)26-6-4-12(5-7-26)14(20)28/h10,12-13,15H,4-9H2,1-3H3,(H2,20,28)(H,22,29,30). The van der Waals surface area contributed by atoms with Gasteiger partial charge in [-0.3, -0.25) is 14.9 Å². The fourth-order valence-corrected chi connectivity index (χ4v) is 6.12. The molecule has 0 aliphatic carbocycles. The average molecular weight is 481 g/mol. The van der Waals surface area contributed by atoms with E-state index in [4.69, 9.17) is 10.7 Å². The number of likely N-dealkylation sites (tertiary alicyclic amines) is 1. The molecule has 0 saturated carbocycles. The van der Waals surface area contributed by atoms with Gasteiger partial charge in [0.15, 0.2) is 22.5 Å². The summed E-state index contributed by atoms with van der Waals surface area (Å²) in [6.45, 7) is 5.93. The van der Waals surface area contributed by atoms with Crippen LogP contribution in [0.5, 0.6) is 0 Å². The summed E-state index contributed by atoms with van der Waals surface area (Å²) in [6, 6.07) is -1.01. The molecule has 0 bridgehead atoms. The minimum atomic E-state index is -0.571. The van der Waals surface area contributed by atoms with Crippen LogP contribution < -0.4 is 11.1 Å². The highest BCUT2D eigenvalue weighted by Crippen LogP contribution is 2.30. The van der Waals surface area contributed by atoms with Crippen molar-refractivity contribution < 1.29 is 14.4 Å². The number of hydrogen-bond acceptors (Lipinski definition) is 10. The van der Waals surface area contributed by atoms with E-state index in [0.717, 1.165) is 15.1 Å². The summed E-state index contributed by atoms with van der Waals surface area (Å²) < 4.78 is 0.928. The van der Waals surface area contributed by atoms with Gasteiger partial charge in [-0.05, 0) is 25.7 Å². The van der Waals surface area contributed by atoms with Crippen LogP contribution in [0.3, 0.4) is 0 Å². The van der Waals surface area contributed by atoms with Gasteiger partial charge in [-0.2, -0.15) is 0 Å². The van der Waals surface area contributed by atoms with Gasteiger partial charge >= 0.3 is 6.03 Å². The smallest absolute Gasteiger partial charge is 0.325 e. The number of nitrogens with two attached hydrogens (primary N) is 1. The molecule has 1 aromatic heterocycles. The van der Waals surface area contributed by atoms with E-state index in [0.29, 0.717) is 38.4 Å². The van der Waals surface area contributed by atoms with E-state index in [1.807, 2.05) is 11.8 Å². The Bertz CT molecular complexity index is 929. The fourth-order valence-electron chi connectivity index (χ4n) is 4.27. The summed E-state index contributed by atoms with van der Waals surface area (Å²) in [7, 11) is 1.65. The van der Waals surface area contributed by atoms with E-state index in [9.17, 15) is 14.4 Å². The summed E-state index contributed by atoms with van der Waals surface area (Å²) in [4.78, 5) is 46.9. The monoisotopic (exact) mass is 480 g/mol. The number of primary amides is 1. The van der Waals surface area contributed by atoms with Gasteiger partial charge < -0.3 is 20.4 Å². The molecule has 13 heteroatoms. The number of nitrogens with zero attached hydrogens (tertiary/aromatic N) is 6. The lowest BCUT2D eigenvalue weighted by molar-refractivity contribution is -0.127. The van der Waals surface area contributed by atoms with Crippen molar-refractivity contribution in [3.8, 4) is 0 Å². The van der Waals surface area contributed by atoms with Gasteiger partial charge in [-0.1, -0.05) is 30.0 Å². The molecule has 0 aromatic carbocycles. The molecule has 0 spiro atoms. The Kier molecular flexibility index (Phi) is 6.56. The van der Waals surface area contributed by atoms with Gasteiger partial charge in [0.1, 0.15) is 5.01 Å². The SMILES string of the molecule is Cc1nnc(SCC(C)CN2C(N3CCC(C(N)=O)CC3)=NC3C2C(=O)NC(=O)N3C)s1. The fraction of sp³-hybridized carbons (Fsp3) is 0.684. The number of aliphatic imine (C=N–C) groups is 1. The number of imide groups is 1. The van der Waals surface area contributed by atoms with Gasteiger partial charge in [-0.25, -0.2) is 9.79 Å². The van der Waals surface area contributed by atoms with Crippen LogP contribution in [0, 0.1) is 18.8 Å². The minimum Gasteiger partial charge on any atom is -0.369 e. The lowest BCUT2D eigenvalue weighted by Gasteiger charge is -2.40. The summed E-state index contributed by atoms with van der Waals surface area (Å²) in [5.74, 6) is 1.02. The molecule has 32 heavy (non-hydrogen) atoms. The van der Waals surface area contributed by atoms with Crippen LogP contribution in [-0.4, -0.2) is 93.3 Å². The second-order valence-electron chi connectivity index (χ2n) is 8.51. The third-order valence-electron chi connectivity index (χ3n) is 6.03. The van der Waals surface area contributed by atoms with E-state index < -0.39 is 18.2 Å². The molecule has 1 aromatic rings. The summed E-state index contributed by atoms with van der Waals surface area (Å²) in [5, 5.41) is 11.6. The van der Waals surface area contributed by atoms with Crippen LogP contribution in [0.25, 0.3) is 0 Å². The highest BCUT2D eigenvalue weighted by atomic mass is 32.2. The van der Waals surface area contributed by atoms with Gasteiger partial charge in [-0.15, -0.1) is 10.2 Å². The molecule has 174 valence electrons. The highest BCUT2D eigenvalue weighted by Gasteiger charge is 2.50. The van der Waals surface area contributed by atoms with Crippen molar-refractivity contribution in [3.05, 3.63) is 5.01 Å². The molecule has 3 aliphatic heterocycles. The first-order chi connectivity index (χ1) is 15.2. The maximum atomic E-state index is 12.8. The first-order valence-electron chi connectivity index (χ1n) is 10.6. The zero-order valence-corrected chi connectivity index (χ0v) is 20.0. The third kappa shape index (κ3) is 4.53. The molecule has 0 radical (unpaired) electrons. The normalized spacial score (nSPS) is 25.0. The highest BCUT2D eigenvalue weighted by molar-refractivity contribution is 8.01. The van der Waals surface area contributed by atoms with Gasteiger partial charge in [0.05, 0.1) is 0 Å². The number of hydrogen-bond donors (Lipinski definition) is 2. The van der Waals surface area contributed by atoms with Crippen molar-refractivity contribution in [1.82, 2.24) is 30.2 Å². The Labute approximate surface area is 194 Å². The van der Waals surface area contributed by atoms with Crippen LogP contribution in [0.1, 0.15) is 24.8 Å². The lowest BCUT2D eigenvalue weighted by atomic mass is 9.96. The first-order valence-corrected chi connectivity index (χ1v) is 12.4. The maximum absolute atomic E-state index is 12.8. The molecule has 4 heterocycles. The van der Waals surface area contributed by atoms with Gasteiger partial charge in [0.2, 0.25) is 5.91 Å². The number of aromatic nitrogens is 2. The summed E-state index contributed by atoms with van der Waals surface area (Å²) in [5.41, 5.74) is 5.48. The number of thioether (sulfide) groups is 1. The summed E-state index contributed by atoms with van der Waals surface area (Å²) in [6.07, 6.45) is 0.742. The van der Waals surface area contributed by atoms with Crippen molar-refractivity contribution in [1.29, 1.82) is 0 Å². The second kappa shape index (κ2) is 9.22. The molecule has 2 saturated heterocycles. The Morgan fingerprint density at radius 2 is 2.03 bits per heavy atom. The van der Waals surface area contributed by atoms with E-state index in [-0.39, 0.29) is 23.7 Å². The molecule has 3 N–H and O–H groups in total. The van der Waals surface area contributed by atoms with Crippen LogP contribution in [0.15, 0.2) is 9.33 Å². The number of carbonyl (C=O) groups is 3. The number of nitrogens with one attached hydrogen (secondary N) is 1. The number of fused-ring (bicyclic) bond motifs is 1. The van der Waals surface area contributed by atoms with Crippen molar-refractivity contribution >= 4 is 46.9 Å². The third-order valence-corrected chi connectivity index (χ3v) is 8.33. The predicted octanol–water partition coefficient (Wildman–Crippen LogP) is 0.320. The Hall–Kier alpha value is -2.41. The number of carbonyl (C=O) groups excluding carboxylic acids is 3. The molecule has 4 amide bonds. The van der Waals surface area contributed by atoms with Crippen LogP contribution >= 0.6 is 23.1 Å². The topological polar surface area (TPSA) is 137 Å².